The van der Waals surface area contributed by atoms with E-state index < -0.39 is 5.60 Å². The molecule has 2 N–H and O–H groups in total. The first kappa shape index (κ1) is 18.5. The summed E-state index contributed by atoms with van der Waals surface area (Å²) in [5.74, 6) is 0. The van der Waals surface area contributed by atoms with E-state index in [9.17, 15) is 4.79 Å². The molecule has 1 amide bonds. The van der Waals surface area contributed by atoms with Gasteiger partial charge in [-0.1, -0.05) is 6.92 Å². The van der Waals surface area contributed by atoms with Crippen molar-refractivity contribution in [1.82, 2.24) is 10.6 Å². The quantitative estimate of drug-likeness (QED) is 0.769. The predicted molar refractivity (Wildman–Crippen MR) is 91.9 cm³/mol. The smallest absolute Gasteiger partial charge is 0.407 e. The van der Waals surface area contributed by atoms with Gasteiger partial charge in [0.1, 0.15) is 5.60 Å². The Bertz CT molecular complexity index is 457. The Balaban J connectivity index is 2.45. The van der Waals surface area contributed by atoms with Crippen LogP contribution in [0.5, 0.6) is 0 Å². The van der Waals surface area contributed by atoms with Crippen LogP contribution in [0, 0.1) is 0 Å². The molecule has 0 aliphatic carbocycles. The Kier molecular flexibility index (Phi) is 7.16. The van der Waals surface area contributed by atoms with Gasteiger partial charge in [-0.25, -0.2) is 4.79 Å². The molecule has 1 aromatic heterocycles. The molecule has 0 spiro atoms. The maximum absolute atomic E-state index is 11.7. The molecule has 0 radical (unpaired) electrons. The first-order valence-electron chi connectivity index (χ1n) is 7.18. The summed E-state index contributed by atoms with van der Waals surface area (Å²) in [7, 11) is 0. The first-order valence-corrected chi connectivity index (χ1v) is 8.86. The number of thiophene rings is 1. The van der Waals surface area contributed by atoms with E-state index in [-0.39, 0.29) is 18.2 Å². The normalized spacial score (nSPS) is 14.6. The third-order valence-electron chi connectivity index (χ3n) is 2.91. The summed E-state index contributed by atoms with van der Waals surface area (Å²) < 4.78 is 6.37. The molecule has 1 heterocycles. The fourth-order valence-electron chi connectivity index (χ4n) is 1.89. The fraction of sp³-hybridized carbons (Fsp3) is 0.667. The highest BCUT2D eigenvalue weighted by molar-refractivity contribution is 9.10. The third kappa shape index (κ3) is 6.80. The molecule has 1 aromatic rings. The van der Waals surface area contributed by atoms with Crippen molar-refractivity contribution in [2.45, 2.75) is 58.7 Å². The van der Waals surface area contributed by atoms with Crippen LogP contribution >= 0.6 is 27.3 Å². The van der Waals surface area contributed by atoms with Gasteiger partial charge in [-0.15, -0.1) is 11.3 Å². The second-order valence-corrected chi connectivity index (χ2v) is 7.81. The van der Waals surface area contributed by atoms with E-state index >= 15 is 0 Å². The Labute approximate surface area is 139 Å². The van der Waals surface area contributed by atoms with Gasteiger partial charge in [0.2, 0.25) is 0 Å². The molecule has 120 valence electrons. The van der Waals surface area contributed by atoms with Gasteiger partial charge in [0, 0.05) is 28.0 Å². The van der Waals surface area contributed by atoms with E-state index in [1.807, 2.05) is 20.8 Å². The summed E-state index contributed by atoms with van der Waals surface area (Å²) in [5, 5.41) is 8.43. The number of halogens is 1. The number of ether oxygens (including phenoxy) is 1. The van der Waals surface area contributed by atoms with Crippen molar-refractivity contribution in [2.75, 3.05) is 6.54 Å². The minimum atomic E-state index is -0.464. The Morgan fingerprint density at radius 1 is 1.48 bits per heavy atom. The van der Waals surface area contributed by atoms with Crippen molar-refractivity contribution < 1.29 is 9.53 Å². The van der Waals surface area contributed by atoms with E-state index in [0.29, 0.717) is 6.54 Å². The molecule has 0 saturated heterocycles. The lowest BCUT2D eigenvalue weighted by Gasteiger charge is -2.24. The lowest BCUT2D eigenvalue weighted by molar-refractivity contribution is 0.0521. The number of amides is 1. The third-order valence-corrected chi connectivity index (χ3v) is 4.96. The van der Waals surface area contributed by atoms with Crippen molar-refractivity contribution in [3.05, 3.63) is 20.8 Å². The molecular weight excluding hydrogens is 352 g/mol. The zero-order valence-electron chi connectivity index (χ0n) is 13.3. The molecular formula is C15H25BrN2O2S. The van der Waals surface area contributed by atoms with Crippen molar-refractivity contribution in [1.29, 1.82) is 0 Å². The minimum absolute atomic E-state index is 0.210. The molecule has 4 nitrogen and oxygen atoms in total. The highest BCUT2D eigenvalue weighted by Crippen LogP contribution is 2.29. The average molecular weight is 377 g/mol. The largest absolute Gasteiger partial charge is 0.444 e. The van der Waals surface area contributed by atoms with Crippen LogP contribution in [-0.2, 0) is 4.74 Å². The number of rotatable bonds is 6. The highest BCUT2D eigenvalue weighted by atomic mass is 79.9. The molecule has 0 aliphatic rings. The minimum Gasteiger partial charge on any atom is -0.444 e. The lowest BCUT2D eigenvalue weighted by atomic mass is 10.1. The number of carbonyl (C=O) groups is 1. The molecule has 21 heavy (non-hydrogen) atoms. The lowest BCUT2D eigenvalue weighted by Crippen LogP contribution is -2.43. The zero-order valence-corrected chi connectivity index (χ0v) is 15.7. The van der Waals surface area contributed by atoms with Crippen LogP contribution in [-0.4, -0.2) is 24.3 Å². The van der Waals surface area contributed by atoms with Gasteiger partial charge < -0.3 is 15.4 Å². The van der Waals surface area contributed by atoms with Gasteiger partial charge in [0.15, 0.2) is 0 Å². The molecule has 0 saturated carbocycles. The average Bonchev–Trinajstić information content (AvgIpc) is 2.78. The fourth-order valence-corrected chi connectivity index (χ4v) is 3.62. The molecule has 2 atom stereocenters. The number of carbonyl (C=O) groups excluding carboxylic acids is 1. The summed E-state index contributed by atoms with van der Waals surface area (Å²) in [6, 6.07) is 2.50. The number of alkyl carbamates (subject to hydrolysis) is 1. The van der Waals surface area contributed by atoms with Gasteiger partial charge in [0.05, 0.1) is 0 Å². The van der Waals surface area contributed by atoms with Gasteiger partial charge in [-0.2, -0.15) is 0 Å². The Morgan fingerprint density at radius 2 is 2.14 bits per heavy atom. The summed E-state index contributed by atoms with van der Waals surface area (Å²) in [4.78, 5) is 13.0. The monoisotopic (exact) mass is 376 g/mol. The molecule has 0 bridgehead atoms. The summed E-state index contributed by atoms with van der Waals surface area (Å²) >= 11 is 5.28. The maximum Gasteiger partial charge on any atom is 0.407 e. The second-order valence-electron chi connectivity index (χ2n) is 6.01. The Hall–Kier alpha value is -0.590. The van der Waals surface area contributed by atoms with Crippen molar-refractivity contribution in [2.24, 2.45) is 0 Å². The first-order chi connectivity index (χ1) is 9.73. The van der Waals surface area contributed by atoms with Crippen LogP contribution in [0.25, 0.3) is 0 Å². The number of hydrogen-bond donors (Lipinski definition) is 2. The van der Waals surface area contributed by atoms with Crippen LogP contribution in [0.1, 0.15) is 52.0 Å². The van der Waals surface area contributed by atoms with Gasteiger partial charge in [-0.05, 0) is 61.5 Å². The van der Waals surface area contributed by atoms with E-state index in [1.54, 1.807) is 11.3 Å². The second kappa shape index (κ2) is 8.15. The summed E-state index contributed by atoms with van der Waals surface area (Å²) in [6.07, 6.45) is 0.566. The highest BCUT2D eigenvalue weighted by Gasteiger charge is 2.19. The molecule has 2 unspecified atom stereocenters. The number of hydrogen-bond acceptors (Lipinski definition) is 4. The van der Waals surface area contributed by atoms with Crippen molar-refractivity contribution in [3.63, 3.8) is 0 Å². The molecule has 0 aliphatic heterocycles. The Morgan fingerprint density at radius 3 is 2.62 bits per heavy atom. The molecule has 6 heteroatoms. The SMILES string of the molecule is CCC(CNC(=O)OC(C)(C)C)NC(C)c1sccc1Br. The zero-order chi connectivity index (χ0) is 16.0. The van der Waals surface area contributed by atoms with Gasteiger partial charge in [-0.3, -0.25) is 0 Å². The van der Waals surface area contributed by atoms with Crippen LogP contribution in [0.15, 0.2) is 15.9 Å². The molecule has 0 fully saturated rings. The van der Waals surface area contributed by atoms with E-state index in [1.165, 1.54) is 4.88 Å². The van der Waals surface area contributed by atoms with E-state index in [2.05, 4.69) is 51.9 Å². The topological polar surface area (TPSA) is 50.4 Å². The summed E-state index contributed by atoms with van der Waals surface area (Å²) in [5.41, 5.74) is -0.464. The van der Waals surface area contributed by atoms with Gasteiger partial charge in [0.25, 0.3) is 0 Å². The van der Waals surface area contributed by atoms with Crippen molar-refractivity contribution >= 4 is 33.4 Å². The van der Waals surface area contributed by atoms with E-state index in [4.69, 9.17) is 4.74 Å². The standard InChI is InChI=1S/C15H25BrN2O2S/c1-6-11(9-17-14(19)20-15(3,4)5)18-10(2)13-12(16)7-8-21-13/h7-8,10-11,18H,6,9H2,1-5H3,(H,17,19). The van der Waals surface area contributed by atoms with Crippen molar-refractivity contribution in [3.8, 4) is 0 Å². The predicted octanol–water partition coefficient (Wildman–Crippen LogP) is 4.46. The number of nitrogens with one attached hydrogen (secondary N) is 2. The van der Waals surface area contributed by atoms with Crippen LogP contribution in [0.4, 0.5) is 4.79 Å². The molecule has 1 rings (SSSR count). The van der Waals surface area contributed by atoms with Gasteiger partial charge >= 0.3 is 6.09 Å². The summed E-state index contributed by atoms with van der Waals surface area (Å²) in [6.45, 7) is 10.4. The van der Waals surface area contributed by atoms with Crippen LogP contribution < -0.4 is 10.6 Å². The molecule has 0 aromatic carbocycles. The van der Waals surface area contributed by atoms with E-state index in [0.717, 1.165) is 10.9 Å². The maximum atomic E-state index is 11.7. The van der Waals surface area contributed by atoms with Crippen LogP contribution in [0.2, 0.25) is 0 Å². The van der Waals surface area contributed by atoms with Crippen LogP contribution in [0.3, 0.4) is 0 Å².